The van der Waals surface area contributed by atoms with Crippen LogP contribution in [0.1, 0.15) is 5.56 Å². The molecule has 1 saturated heterocycles. The summed E-state index contributed by atoms with van der Waals surface area (Å²) in [5, 5.41) is 2.67. The highest BCUT2D eigenvalue weighted by molar-refractivity contribution is 5.87. The molecular formula is C14H17FN2O4. The first-order chi connectivity index (χ1) is 10.1. The molecule has 1 atom stereocenters. The van der Waals surface area contributed by atoms with Crippen LogP contribution in [0, 0.1) is 5.82 Å². The Hall–Kier alpha value is -2.15. The number of carbonyl (C=O) groups is 2. The zero-order valence-corrected chi connectivity index (χ0v) is 11.7. The van der Waals surface area contributed by atoms with E-state index in [1.807, 2.05) is 0 Å². The van der Waals surface area contributed by atoms with Crippen molar-refractivity contribution in [2.75, 3.05) is 26.9 Å². The van der Waals surface area contributed by atoms with Gasteiger partial charge in [-0.3, -0.25) is 9.69 Å². The van der Waals surface area contributed by atoms with E-state index in [0.717, 1.165) is 5.56 Å². The van der Waals surface area contributed by atoms with Gasteiger partial charge < -0.3 is 14.8 Å². The molecule has 6 nitrogen and oxygen atoms in total. The Kier molecular flexibility index (Phi) is 5.10. The maximum atomic E-state index is 12.9. The van der Waals surface area contributed by atoms with Crippen LogP contribution < -0.4 is 5.32 Å². The summed E-state index contributed by atoms with van der Waals surface area (Å²) in [7, 11) is 1.54. The number of ether oxygens (including phenoxy) is 2. The van der Waals surface area contributed by atoms with Gasteiger partial charge in [0, 0.05) is 13.7 Å². The lowest BCUT2D eigenvalue weighted by molar-refractivity contribution is -0.125. The molecule has 1 aliphatic heterocycles. The summed E-state index contributed by atoms with van der Waals surface area (Å²) in [5.74, 6) is -0.642. The van der Waals surface area contributed by atoms with Crippen LogP contribution in [0.3, 0.4) is 0 Å². The monoisotopic (exact) mass is 296 g/mol. The van der Waals surface area contributed by atoms with Crippen molar-refractivity contribution >= 4 is 12.0 Å². The minimum atomic E-state index is -0.681. The van der Waals surface area contributed by atoms with E-state index in [4.69, 9.17) is 9.47 Å². The molecule has 0 aromatic heterocycles. The summed E-state index contributed by atoms with van der Waals surface area (Å²) >= 11 is 0. The zero-order chi connectivity index (χ0) is 15.2. The van der Waals surface area contributed by atoms with E-state index in [0.29, 0.717) is 13.2 Å². The van der Waals surface area contributed by atoms with Crippen molar-refractivity contribution in [1.29, 1.82) is 0 Å². The Morgan fingerprint density at radius 1 is 1.48 bits per heavy atom. The summed E-state index contributed by atoms with van der Waals surface area (Å²) in [6, 6.07) is 5.08. The van der Waals surface area contributed by atoms with E-state index < -0.39 is 12.1 Å². The summed E-state index contributed by atoms with van der Waals surface area (Å²) in [6.07, 6.45) is -0.550. The van der Waals surface area contributed by atoms with Crippen LogP contribution in [0.5, 0.6) is 0 Å². The Bertz CT molecular complexity index is 506. The van der Waals surface area contributed by atoms with Crippen LogP contribution in [0.25, 0.3) is 0 Å². The number of methoxy groups -OCH3 is 1. The van der Waals surface area contributed by atoms with Gasteiger partial charge in [-0.1, -0.05) is 12.1 Å². The average Bonchev–Trinajstić information content (AvgIpc) is 2.83. The van der Waals surface area contributed by atoms with Gasteiger partial charge in [0.25, 0.3) is 0 Å². The number of benzene rings is 1. The molecule has 7 heteroatoms. The molecular weight excluding hydrogens is 279 g/mol. The van der Waals surface area contributed by atoms with E-state index in [1.54, 1.807) is 12.1 Å². The highest BCUT2D eigenvalue weighted by Crippen LogP contribution is 2.17. The Labute approximate surface area is 121 Å². The number of hydrogen-bond acceptors (Lipinski definition) is 4. The standard InChI is InChI=1S/C14H17FN2O4/c1-20-7-6-16-13(18)12-9-21-14(19)17(12)8-10-2-4-11(15)5-3-10/h2-5,12H,6-9H2,1H3,(H,16,18)/t12-/m0/s1. The molecule has 1 aromatic carbocycles. The first kappa shape index (κ1) is 15.2. The largest absolute Gasteiger partial charge is 0.447 e. The van der Waals surface area contributed by atoms with E-state index in [9.17, 15) is 14.0 Å². The maximum absolute atomic E-state index is 12.9. The topological polar surface area (TPSA) is 67.9 Å². The van der Waals surface area contributed by atoms with Gasteiger partial charge >= 0.3 is 6.09 Å². The first-order valence-corrected chi connectivity index (χ1v) is 6.56. The van der Waals surface area contributed by atoms with Crippen molar-refractivity contribution in [1.82, 2.24) is 10.2 Å². The molecule has 114 valence electrons. The zero-order valence-electron chi connectivity index (χ0n) is 11.7. The normalized spacial score (nSPS) is 17.7. The second kappa shape index (κ2) is 7.03. The molecule has 0 radical (unpaired) electrons. The lowest BCUT2D eigenvalue weighted by Crippen LogP contribution is -2.46. The highest BCUT2D eigenvalue weighted by atomic mass is 19.1. The van der Waals surface area contributed by atoms with Crippen molar-refractivity contribution in [2.24, 2.45) is 0 Å². The molecule has 0 bridgehead atoms. The number of hydrogen-bond donors (Lipinski definition) is 1. The third-order valence-corrected chi connectivity index (χ3v) is 3.15. The van der Waals surface area contributed by atoms with Gasteiger partial charge in [0.1, 0.15) is 18.5 Å². The van der Waals surface area contributed by atoms with Crippen LogP contribution >= 0.6 is 0 Å². The predicted octanol–water partition coefficient (Wildman–Crippen LogP) is 0.909. The Morgan fingerprint density at radius 2 is 2.19 bits per heavy atom. The predicted molar refractivity (Wildman–Crippen MR) is 72.0 cm³/mol. The molecule has 0 spiro atoms. The third-order valence-electron chi connectivity index (χ3n) is 3.15. The molecule has 0 unspecified atom stereocenters. The SMILES string of the molecule is COCCNC(=O)[C@@H]1COC(=O)N1Cc1ccc(F)cc1. The van der Waals surface area contributed by atoms with Gasteiger partial charge in [-0.05, 0) is 17.7 Å². The van der Waals surface area contributed by atoms with Gasteiger partial charge in [0.2, 0.25) is 5.91 Å². The van der Waals surface area contributed by atoms with Gasteiger partial charge in [0.15, 0.2) is 0 Å². The molecule has 1 N–H and O–H groups in total. The third kappa shape index (κ3) is 3.91. The maximum Gasteiger partial charge on any atom is 0.410 e. The second-order valence-corrected chi connectivity index (χ2v) is 4.63. The quantitative estimate of drug-likeness (QED) is 0.792. The van der Waals surface area contributed by atoms with Crippen LogP contribution in [0.4, 0.5) is 9.18 Å². The summed E-state index contributed by atoms with van der Waals surface area (Å²) < 4.78 is 22.6. The Balaban J connectivity index is 1.99. The lowest BCUT2D eigenvalue weighted by Gasteiger charge is -2.20. The molecule has 2 amide bonds. The van der Waals surface area contributed by atoms with Crippen molar-refractivity contribution < 1.29 is 23.5 Å². The molecule has 1 fully saturated rings. The first-order valence-electron chi connectivity index (χ1n) is 6.56. The van der Waals surface area contributed by atoms with Crippen LogP contribution in [0.2, 0.25) is 0 Å². The molecule has 0 aliphatic carbocycles. The number of nitrogens with zero attached hydrogens (tertiary/aromatic N) is 1. The minimum Gasteiger partial charge on any atom is -0.447 e. The molecule has 1 heterocycles. The van der Waals surface area contributed by atoms with E-state index in [-0.39, 0.29) is 24.9 Å². The summed E-state index contributed by atoms with van der Waals surface area (Å²) in [6.45, 7) is 0.968. The van der Waals surface area contributed by atoms with Crippen LogP contribution in [-0.4, -0.2) is 49.8 Å². The van der Waals surface area contributed by atoms with Gasteiger partial charge in [-0.25, -0.2) is 9.18 Å². The summed E-state index contributed by atoms with van der Waals surface area (Å²) in [4.78, 5) is 25.1. The minimum absolute atomic E-state index is 0.0127. The fraction of sp³-hybridized carbons (Fsp3) is 0.429. The Morgan fingerprint density at radius 3 is 2.86 bits per heavy atom. The second-order valence-electron chi connectivity index (χ2n) is 4.63. The van der Waals surface area contributed by atoms with Crippen molar-refractivity contribution in [3.05, 3.63) is 35.6 Å². The van der Waals surface area contributed by atoms with Crippen LogP contribution in [0.15, 0.2) is 24.3 Å². The number of cyclic esters (lactones) is 1. The smallest absolute Gasteiger partial charge is 0.410 e. The fourth-order valence-electron chi connectivity index (χ4n) is 2.02. The highest BCUT2D eigenvalue weighted by Gasteiger charge is 2.37. The lowest BCUT2D eigenvalue weighted by atomic mass is 10.2. The van der Waals surface area contributed by atoms with E-state index in [2.05, 4.69) is 5.32 Å². The average molecular weight is 296 g/mol. The fourth-order valence-corrected chi connectivity index (χ4v) is 2.02. The molecule has 1 aromatic rings. The number of halogens is 1. The van der Waals surface area contributed by atoms with Crippen LogP contribution in [-0.2, 0) is 20.8 Å². The number of amides is 2. The van der Waals surface area contributed by atoms with E-state index >= 15 is 0 Å². The van der Waals surface area contributed by atoms with Crippen molar-refractivity contribution in [3.8, 4) is 0 Å². The number of nitrogens with one attached hydrogen (secondary N) is 1. The van der Waals surface area contributed by atoms with Gasteiger partial charge in [-0.15, -0.1) is 0 Å². The molecule has 2 rings (SSSR count). The molecule has 0 saturated carbocycles. The van der Waals surface area contributed by atoms with Gasteiger partial charge in [-0.2, -0.15) is 0 Å². The van der Waals surface area contributed by atoms with Gasteiger partial charge in [0.05, 0.1) is 13.2 Å². The van der Waals surface area contributed by atoms with Crippen molar-refractivity contribution in [2.45, 2.75) is 12.6 Å². The molecule has 1 aliphatic rings. The molecule has 21 heavy (non-hydrogen) atoms. The number of carbonyl (C=O) groups excluding carboxylic acids is 2. The van der Waals surface area contributed by atoms with Crippen molar-refractivity contribution in [3.63, 3.8) is 0 Å². The summed E-state index contributed by atoms with van der Waals surface area (Å²) in [5.41, 5.74) is 0.727. The van der Waals surface area contributed by atoms with E-state index in [1.165, 1.54) is 24.1 Å². The number of rotatable bonds is 6.